The third kappa shape index (κ3) is 6.09. The van der Waals surface area contributed by atoms with Gasteiger partial charge in [-0.3, -0.25) is 0 Å². The first kappa shape index (κ1) is 12.6. The zero-order chi connectivity index (χ0) is 4.24. The third-order valence-corrected chi connectivity index (χ3v) is 1.08. The Morgan fingerprint density at radius 1 is 0.750 bits per heavy atom. The average molecular weight is 132 g/mol. The van der Waals surface area contributed by atoms with Crippen LogP contribution in [0.5, 0.6) is 0 Å². The van der Waals surface area contributed by atoms with Crippen LogP contribution in [-0.2, 0) is 4.74 Å². The Hall–Kier alpha value is 1.96. The van der Waals surface area contributed by atoms with Crippen molar-refractivity contribution in [3.63, 3.8) is 0 Å². The fourth-order valence-corrected chi connectivity index (χ4v) is 0.687. The summed E-state index contributed by atoms with van der Waals surface area (Å²) in [4.78, 5) is 0. The summed E-state index contributed by atoms with van der Waals surface area (Å²) in [6.45, 7) is 2.00. The van der Waals surface area contributed by atoms with Gasteiger partial charge in [0.15, 0.2) is 0 Å². The summed E-state index contributed by atoms with van der Waals surface area (Å²) in [5, 5.41) is 0. The Morgan fingerprint density at radius 2 is 1.25 bits per heavy atom. The second-order valence-electron chi connectivity index (χ2n) is 1.67. The van der Waals surface area contributed by atoms with Crippen LogP contribution in [-0.4, -0.2) is 72.3 Å². The van der Waals surface area contributed by atoms with Gasteiger partial charge in [0.1, 0.15) is 0 Å². The molecular formula is C5H10Na2O. The number of ether oxygens (including phenoxy) is 1. The first-order valence-electron chi connectivity index (χ1n) is 2.58. The fourth-order valence-electron chi connectivity index (χ4n) is 0.687. The van der Waals surface area contributed by atoms with Gasteiger partial charge in [-0.05, 0) is 19.3 Å². The maximum atomic E-state index is 5.07. The molecule has 0 saturated carbocycles. The molecule has 8 heavy (non-hydrogen) atoms. The van der Waals surface area contributed by atoms with E-state index in [-0.39, 0.29) is 59.1 Å². The smallest absolute Gasteiger partial charge is 0.0466 e. The summed E-state index contributed by atoms with van der Waals surface area (Å²) in [5.41, 5.74) is 0. The van der Waals surface area contributed by atoms with E-state index in [1.54, 1.807) is 0 Å². The van der Waals surface area contributed by atoms with Gasteiger partial charge in [0.25, 0.3) is 0 Å². The first-order valence-corrected chi connectivity index (χ1v) is 2.58. The minimum Gasteiger partial charge on any atom is -0.381 e. The number of hydrogen-bond donors (Lipinski definition) is 0. The SMILES string of the molecule is C1CCOCC1.[Na].[Na]. The van der Waals surface area contributed by atoms with Crippen LogP contribution >= 0.6 is 0 Å². The second-order valence-corrected chi connectivity index (χ2v) is 1.67. The Balaban J connectivity index is 0. The van der Waals surface area contributed by atoms with E-state index >= 15 is 0 Å². The second kappa shape index (κ2) is 8.96. The normalized spacial score (nSPS) is 18.0. The fraction of sp³-hybridized carbons (Fsp3) is 1.00. The Labute approximate surface area is 95.1 Å². The molecule has 0 aliphatic carbocycles. The average Bonchev–Trinajstić information content (AvgIpc) is 1.72. The first-order chi connectivity index (χ1) is 3.00. The largest absolute Gasteiger partial charge is 0.381 e. The molecule has 0 N–H and O–H groups in total. The standard InChI is InChI=1S/C5H10O.2Na/c1-2-4-6-5-3-1;;/h1-5H2;;. The molecule has 1 aliphatic heterocycles. The van der Waals surface area contributed by atoms with Crippen LogP contribution in [0.4, 0.5) is 0 Å². The van der Waals surface area contributed by atoms with E-state index in [2.05, 4.69) is 0 Å². The summed E-state index contributed by atoms with van der Waals surface area (Å²) in [6.07, 6.45) is 3.93. The van der Waals surface area contributed by atoms with Gasteiger partial charge >= 0.3 is 0 Å². The van der Waals surface area contributed by atoms with E-state index in [1.807, 2.05) is 0 Å². The van der Waals surface area contributed by atoms with E-state index in [0.29, 0.717) is 0 Å². The summed E-state index contributed by atoms with van der Waals surface area (Å²) in [6, 6.07) is 0. The van der Waals surface area contributed by atoms with Crippen molar-refractivity contribution in [1.29, 1.82) is 0 Å². The minimum atomic E-state index is 0. The van der Waals surface area contributed by atoms with E-state index in [0.717, 1.165) is 13.2 Å². The van der Waals surface area contributed by atoms with E-state index in [4.69, 9.17) is 4.74 Å². The summed E-state index contributed by atoms with van der Waals surface area (Å²) < 4.78 is 5.07. The molecule has 0 aromatic rings. The van der Waals surface area contributed by atoms with Crippen LogP contribution in [0.2, 0.25) is 0 Å². The quantitative estimate of drug-likeness (QED) is 0.434. The van der Waals surface area contributed by atoms with Gasteiger partial charge in [-0.15, -0.1) is 0 Å². The summed E-state index contributed by atoms with van der Waals surface area (Å²) >= 11 is 0. The van der Waals surface area contributed by atoms with Gasteiger partial charge in [0.05, 0.1) is 0 Å². The van der Waals surface area contributed by atoms with Crippen molar-refractivity contribution in [3.05, 3.63) is 0 Å². The number of rotatable bonds is 0. The van der Waals surface area contributed by atoms with Crippen LogP contribution in [0.3, 0.4) is 0 Å². The molecule has 0 bridgehead atoms. The maximum Gasteiger partial charge on any atom is 0.0466 e. The van der Waals surface area contributed by atoms with Crippen molar-refractivity contribution in [2.45, 2.75) is 19.3 Å². The third-order valence-electron chi connectivity index (χ3n) is 1.08. The van der Waals surface area contributed by atoms with Gasteiger partial charge in [-0.25, -0.2) is 0 Å². The van der Waals surface area contributed by atoms with E-state index < -0.39 is 0 Å². The molecule has 0 unspecified atom stereocenters. The summed E-state index contributed by atoms with van der Waals surface area (Å²) in [7, 11) is 0. The van der Waals surface area contributed by atoms with Gasteiger partial charge in [0.2, 0.25) is 0 Å². The van der Waals surface area contributed by atoms with Crippen LogP contribution < -0.4 is 0 Å². The van der Waals surface area contributed by atoms with Crippen molar-refractivity contribution in [3.8, 4) is 0 Å². The predicted octanol–water partition coefficient (Wildman–Crippen LogP) is 0.425. The molecule has 1 saturated heterocycles. The molecule has 38 valence electrons. The molecule has 1 heterocycles. The van der Waals surface area contributed by atoms with Gasteiger partial charge < -0.3 is 4.74 Å². The van der Waals surface area contributed by atoms with Crippen molar-refractivity contribution in [1.82, 2.24) is 0 Å². The molecule has 3 heteroatoms. The monoisotopic (exact) mass is 132 g/mol. The van der Waals surface area contributed by atoms with Gasteiger partial charge in [-0.2, -0.15) is 0 Å². The van der Waals surface area contributed by atoms with Gasteiger partial charge in [-0.1, -0.05) is 0 Å². The molecule has 0 amide bonds. The molecule has 0 atom stereocenters. The van der Waals surface area contributed by atoms with Crippen LogP contribution in [0, 0.1) is 0 Å². The Morgan fingerprint density at radius 3 is 1.38 bits per heavy atom. The maximum absolute atomic E-state index is 5.07. The van der Waals surface area contributed by atoms with E-state index in [9.17, 15) is 0 Å². The molecule has 2 radical (unpaired) electrons. The predicted molar refractivity (Wildman–Crippen MR) is 36.2 cm³/mol. The number of hydrogen-bond acceptors (Lipinski definition) is 1. The molecule has 0 aromatic carbocycles. The topological polar surface area (TPSA) is 9.23 Å². The van der Waals surface area contributed by atoms with Crippen molar-refractivity contribution in [2.75, 3.05) is 13.2 Å². The van der Waals surface area contributed by atoms with Crippen LogP contribution in [0.25, 0.3) is 0 Å². The van der Waals surface area contributed by atoms with Crippen LogP contribution in [0.1, 0.15) is 19.3 Å². The Bertz CT molecular complexity index is 25.9. The van der Waals surface area contributed by atoms with Crippen molar-refractivity contribution >= 4 is 59.1 Å². The zero-order valence-electron chi connectivity index (χ0n) is 5.94. The zero-order valence-corrected chi connectivity index (χ0v) is 9.94. The molecule has 1 nitrogen and oxygen atoms in total. The van der Waals surface area contributed by atoms with Crippen molar-refractivity contribution < 1.29 is 4.74 Å². The molecule has 1 rings (SSSR count). The molecule has 0 aromatic heterocycles. The summed E-state index contributed by atoms with van der Waals surface area (Å²) in [5.74, 6) is 0. The van der Waals surface area contributed by atoms with E-state index in [1.165, 1.54) is 19.3 Å². The van der Waals surface area contributed by atoms with Crippen molar-refractivity contribution in [2.24, 2.45) is 0 Å². The Kier molecular flexibility index (Phi) is 14.1. The van der Waals surface area contributed by atoms with Crippen LogP contribution in [0.15, 0.2) is 0 Å². The molecular weight excluding hydrogens is 122 g/mol. The molecule has 1 aliphatic rings. The minimum absolute atomic E-state index is 0. The molecule has 1 fully saturated rings. The molecule has 0 spiro atoms. The van der Waals surface area contributed by atoms with Gasteiger partial charge in [0, 0.05) is 72.3 Å².